The molecule has 0 N–H and O–H groups in total. The molecular formula is C47H32N2S. The fourth-order valence-electron chi connectivity index (χ4n) is 6.80. The highest BCUT2D eigenvalue weighted by Gasteiger charge is 2.14. The lowest BCUT2D eigenvalue weighted by Gasteiger charge is -2.26. The molecule has 0 saturated heterocycles. The standard InChI is InChI=1S/C47H32N2S/c1-3-8-33(9-4-1)35-14-21-41(22-15-35)49(42-23-16-36(17-24-42)34-10-5-2-6-11-34)43-25-18-37(19-26-43)38-12-7-13-39(30-38)40-20-27-46-44(31-40)45-32-48-29-28-47(45)50-46/h1-32H. The Morgan fingerprint density at radius 3 is 1.32 bits per heavy atom. The molecule has 0 aliphatic rings. The number of aromatic nitrogens is 1. The summed E-state index contributed by atoms with van der Waals surface area (Å²) < 4.78 is 2.56. The fourth-order valence-corrected chi connectivity index (χ4v) is 7.85. The lowest BCUT2D eigenvalue weighted by Crippen LogP contribution is -2.09. The number of anilines is 3. The molecule has 0 spiro atoms. The number of fused-ring (bicyclic) bond motifs is 3. The van der Waals surface area contributed by atoms with Crippen LogP contribution in [0.1, 0.15) is 0 Å². The van der Waals surface area contributed by atoms with Gasteiger partial charge in [-0.1, -0.05) is 121 Å². The molecule has 2 heterocycles. The zero-order chi connectivity index (χ0) is 33.3. The van der Waals surface area contributed by atoms with Gasteiger partial charge in [-0.3, -0.25) is 4.98 Å². The van der Waals surface area contributed by atoms with Crippen LogP contribution >= 0.6 is 11.3 Å². The summed E-state index contributed by atoms with van der Waals surface area (Å²) in [5.74, 6) is 0. The van der Waals surface area contributed by atoms with E-state index >= 15 is 0 Å². The minimum Gasteiger partial charge on any atom is -0.311 e. The van der Waals surface area contributed by atoms with Crippen molar-refractivity contribution in [2.24, 2.45) is 0 Å². The number of thiophene rings is 1. The second-order valence-electron chi connectivity index (χ2n) is 12.5. The molecule has 0 radical (unpaired) electrons. The van der Waals surface area contributed by atoms with E-state index in [0.29, 0.717) is 0 Å². The first-order valence-electron chi connectivity index (χ1n) is 16.9. The molecule has 0 aliphatic carbocycles. The van der Waals surface area contributed by atoms with Crippen molar-refractivity contribution in [1.29, 1.82) is 0 Å². The lowest BCUT2D eigenvalue weighted by molar-refractivity contribution is 1.28. The monoisotopic (exact) mass is 656 g/mol. The van der Waals surface area contributed by atoms with Gasteiger partial charge in [0.1, 0.15) is 0 Å². The van der Waals surface area contributed by atoms with E-state index in [0.717, 1.165) is 17.1 Å². The van der Waals surface area contributed by atoms with Gasteiger partial charge in [0, 0.05) is 49.6 Å². The van der Waals surface area contributed by atoms with Gasteiger partial charge >= 0.3 is 0 Å². The van der Waals surface area contributed by atoms with E-state index in [2.05, 4.69) is 192 Å². The van der Waals surface area contributed by atoms with Gasteiger partial charge in [0.2, 0.25) is 0 Å². The summed E-state index contributed by atoms with van der Waals surface area (Å²) in [5, 5.41) is 2.48. The summed E-state index contributed by atoms with van der Waals surface area (Å²) in [6, 6.07) is 65.5. The second kappa shape index (κ2) is 13.0. The smallest absolute Gasteiger partial charge is 0.0462 e. The largest absolute Gasteiger partial charge is 0.311 e. The Morgan fingerprint density at radius 1 is 0.340 bits per heavy atom. The first kappa shape index (κ1) is 29.8. The maximum Gasteiger partial charge on any atom is 0.0462 e. The first-order valence-corrected chi connectivity index (χ1v) is 17.7. The molecular weight excluding hydrogens is 625 g/mol. The van der Waals surface area contributed by atoms with Crippen LogP contribution in [0, 0.1) is 0 Å². The fraction of sp³-hybridized carbons (Fsp3) is 0. The van der Waals surface area contributed by atoms with Gasteiger partial charge in [-0.25, -0.2) is 0 Å². The first-order chi connectivity index (χ1) is 24.8. The van der Waals surface area contributed by atoms with E-state index in [1.54, 1.807) is 0 Å². The van der Waals surface area contributed by atoms with Gasteiger partial charge in [-0.15, -0.1) is 11.3 Å². The second-order valence-corrected chi connectivity index (χ2v) is 13.6. The third kappa shape index (κ3) is 5.74. The van der Waals surface area contributed by atoms with Crippen LogP contribution in [-0.4, -0.2) is 4.98 Å². The van der Waals surface area contributed by atoms with Crippen molar-refractivity contribution in [2.45, 2.75) is 0 Å². The van der Waals surface area contributed by atoms with Crippen LogP contribution < -0.4 is 4.90 Å². The number of nitrogens with zero attached hydrogens (tertiary/aromatic N) is 2. The molecule has 0 aliphatic heterocycles. The summed E-state index contributed by atoms with van der Waals surface area (Å²) in [6.45, 7) is 0. The van der Waals surface area contributed by atoms with Gasteiger partial charge in [0.25, 0.3) is 0 Å². The maximum atomic E-state index is 4.39. The van der Waals surface area contributed by atoms with Crippen molar-refractivity contribution in [1.82, 2.24) is 4.98 Å². The molecule has 9 aromatic rings. The molecule has 2 aromatic heterocycles. The average Bonchev–Trinajstić information content (AvgIpc) is 3.58. The predicted molar refractivity (Wildman–Crippen MR) is 214 cm³/mol. The van der Waals surface area contributed by atoms with Crippen LogP contribution in [0.5, 0.6) is 0 Å². The molecule has 0 fully saturated rings. The molecule has 0 unspecified atom stereocenters. The summed E-state index contributed by atoms with van der Waals surface area (Å²) in [6.07, 6.45) is 3.85. The molecule has 9 rings (SSSR count). The average molecular weight is 657 g/mol. The Labute approximate surface area is 296 Å². The molecule has 3 heteroatoms. The van der Waals surface area contributed by atoms with Crippen molar-refractivity contribution in [2.75, 3.05) is 4.90 Å². The Balaban J connectivity index is 1.06. The van der Waals surface area contributed by atoms with E-state index < -0.39 is 0 Å². The highest BCUT2D eigenvalue weighted by molar-refractivity contribution is 7.25. The maximum absolute atomic E-state index is 4.39. The van der Waals surface area contributed by atoms with Crippen molar-refractivity contribution in [3.05, 3.63) is 194 Å². The van der Waals surface area contributed by atoms with Crippen LogP contribution in [0.4, 0.5) is 17.1 Å². The molecule has 0 bridgehead atoms. The molecule has 50 heavy (non-hydrogen) atoms. The number of benzene rings is 7. The molecule has 236 valence electrons. The zero-order valence-corrected chi connectivity index (χ0v) is 28.1. The van der Waals surface area contributed by atoms with Gasteiger partial charge in [-0.2, -0.15) is 0 Å². The summed E-state index contributed by atoms with van der Waals surface area (Å²) >= 11 is 1.82. The van der Waals surface area contributed by atoms with Crippen LogP contribution in [0.3, 0.4) is 0 Å². The van der Waals surface area contributed by atoms with Crippen molar-refractivity contribution < 1.29 is 0 Å². The minimum absolute atomic E-state index is 1.10. The van der Waals surface area contributed by atoms with Crippen LogP contribution in [0.2, 0.25) is 0 Å². The van der Waals surface area contributed by atoms with Gasteiger partial charge in [-0.05, 0) is 105 Å². The zero-order valence-electron chi connectivity index (χ0n) is 27.3. The third-order valence-electron chi connectivity index (χ3n) is 9.39. The predicted octanol–water partition coefficient (Wildman–Crippen LogP) is 13.6. The third-order valence-corrected chi connectivity index (χ3v) is 10.5. The minimum atomic E-state index is 1.10. The summed E-state index contributed by atoms with van der Waals surface area (Å²) in [7, 11) is 0. The van der Waals surface area contributed by atoms with Crippen molar-refractivity contribution in [3.63, 3.8) is 0 Å². The van der Waals surface area contributed by atoms with Crippen LogP contribution in [0.15, 0.2) is 194 Å². The van der Waals surface area contributed by atoms with Crippen molar-refractivity contribution in [3.8, 4) is 44.5 Å². The van der Waals surface area contributed by atoms with Crippen molar-refractivity contribution >= 4 is 48.6 Å². The van der Waals surface area contributed by atoms with E-state index in [1.807, 2.05) is 23.7 Å². The van der Waals surface area contributed by atoms with E-state index in [-0.39, 0.29) is 0 Å². The van der Waals surface area contributed by atoms with E-state index in [4.69, 9.17) is 0 Å². The van der Waals surface area contributed by atoms with Gasteiger partial charge in [0.05, 0.1) is 0 Å². The molecule has 7 aromatic carbocycles. The van der Waals surface area contributed by atoms with E-state index in [9.17, 15) is 0 Å². The summed E-state index contributed by atoms with van der Waals surface area (Å²) in [5.41, 5.74) is 12.9. The number of pyridine rings is 1. The molecule has 0 amide bonds. The number of hydrogen-bond donors (Lipinski definition) is 0. The molecule has 0 saturated carbocycles. The molecule has 0 atom stereocenters. The SMILES string of the molecule is c1ccc(-c2ccc(N(c3ccc(-c4ccccc4)cc3)c3ccc(-c4cccc(-c5ccc6sc7ccncc7c6c5)c4)cc3)cc2)cc1. The van der Waals surface area contributed by atoms with Crippen LogP contribution in [0.25, 0.3) is 64.7 Å². The van der Waals surface area contributed by atoms with E-state index in [1.165, 1.54) is 64.7 Å². The Bertz CT molecular complexity index is 2470. The summed E-state index contributed by atoms with van der Waals surface area (Å²) in [4.78, 5) is 6.72. The number of hydrogen-bond acceptors (Lipinski definition) is 3. The van der Waals surface area contributed by atoms with Gasteiger partial charge in [0.15, 0.2) is 0 Å². The normalized spacial score (nSPS) is 11.2. The Hall–Kier alpha value is -6.29. The quantitative estimate of drug-likeness (QED) is 0.170. The number of rotatable bonds is 7. The topological polar surface area (TPSA) is 16.1 Å². The van der Waals surface area contributed by atoms with Crippen LogP contribution in [-0.2, 0) is 0 Å². The van der Waals surface area contributed by atoms with Gasteiger partial charge < -0.3 is 4.90 Å². The Kier molecular flexibility index (Phi) is 7.73. The Morgan fingerprint density at radius 2 is 0.760 bits per heavy atom. The molecule has 2 nitrogen and oxygen atoms in total. The lowest BCUT2D eigenvalue weighted by atomic mass is 9.98. The highest BCUT2D eigenvalue weighted by Crippen LogP contribution is 2.39. The highest BCUT2D eigenvalue weighted by atomic mass is 32.1.